The van der Waals surface area contributed by atoms with Gasteiger partial charge in [0, 0.05) is 23.6 Å². The fourth-order valence-electron chi connectivity index (χ4n) is 7.30. The van der Waals surface area contributed by atoms with Crippen molar-refractivity contribution in [3.8, 4) is 0 Å². The van der Waals surface area contributed by atoms with Gasteiger partial charge in [0.1, 0.15) is 5.78 Å². The van der Waals surface area contributed by atoms with E-state index in [0.717, 1.165) is 54.8 Å². The molecule has 1 amide bonds. The van der Waals surface area contributed by atoms with E-state index in [1.54, 1.807) is 25.2 Å². The summed E-state index contributed by atoms with van der Waals surface area (Å²) in [5.74, 6) is -1.03. The zero-order valence-corrected chi connectivity index (χ0v) is 29.1. The number of amides is 1. The van der Waals surface area contributed by atoms with Crippen molar-refractivity contribution in [1.29, 1.82) is 0 Å². The van der Waals surface area contributed by atoms with Crippen molar-refractivity contribution in [1.82, 2.24) is 10.3 Å². The number of rotatable bonds is 7. The van der Waals surface area contributed by atoms with E-state index in [2.05, 4.69) is 58.3 Å². The number of carbonyl (C=O) groups excluding carboxylic acids is 2. The molecule has 0 aliphatic carbocycles. The zero-order chi connectivity index (χ0) is 32.3. The van der Waals surface area contributed by atoms with Gasteiger partial charge in [0.05, 0.1) is 52.0 Å². The summed E-state index contributed by atoms with van der Waals surface area (Å²) < 4.78 is 6.57. The van der Waals surface area contributed by atoms with Crippen molar-refractivity contribution in [2.45, 2.75) is 156 Å². The lowest BCUT2D eigenvalue weighted by molar-refractivity contribution is -0.149. The molecular weight excluding hydrogens is 560 g/mol. The van der Waals surface area contributed by atoms with Gasteiger partial charge in [-0.15, -0.1) is 11.3 Å². The highest BCUT2D eigenvalue weighted by atomic mass is 32.1. The lowest BCUT2D eigenvalue weighted by Gasteiger charge is -2.40. The van der Waals surface area contributed by atoms with E-state index in [1.807, 2.05) is 13.8 Å². The quantitative estimate of drug-likeness (QED) is 0.282. The van der Waals surface area contributed by atoms with Gasteiger partial charge in [-0.05, 0) is 63.0 Å². The Hall–Kier alpha value is -1.61. The predicted octanol–water partition coefficient (Wildman–Crippen LogP) is 7.06. The monoisotopic (exact) mass is 618 g/mol. The number of nitrogens with one attached hydrogen (secondary N) is 1. The second-order valence-corrected chi connectivity index (χ2v) is 15.1. The van der Waals surface area contributed by atoms with Gasteiger partial charge in [-0.25, -0.2) is 4.98 Å². The van der Waals surface area contributed by atoms with Gasteiger partial charge in [0.2, 0.25) is 5.91 Å². The summed E-state index contributed by atoms with van der Waals surface area (Å²) in [7, 11) is 0. The number of nitrogens with zero attached hydrogens (tertiary/aromatic N) is 1. The molecule has 0 spiro atoms. The summed E-state index contributed by atoms with van der Waals surface area (Å²) in [6.07, 6.45) is 5.42. The molecule has 0 saturated carbocycles. The number of ether oxygens (including phenoxy) is 1. The Labute approximate surface area is 264 Å². The molecule has 0 aromatic carbocycles. The Bertz CT molecular complexity index is 1150. The highest BCUT2D eigenvalue weighted by molar-refractivity contribution is 7.09. The van der Waals surface area contributed by atoms with Crippen LogP contribution in [0.2, 0.25) is 0 Å². The van der Waals surface area contributed by atoms with Crippen LogP contribution in [0.1, 0.15) is 137 Å². The van der Waals surface area contributed by atoms with Crippen LogP contribution in [0.25, 0.3) is 6.08 Å². The predicted molar refractivity (Wildman–Crippen MR) is 175 cm³/mol. The van der Waals surface area contributed by atoms with Crippen molar-refractivity contribution in [3.05, 3.63) is 21.7 Å². The molecule has 0 radical (unpaired) electrons. The molecule has 3 heterocycles. The number of fused-ring (bicyclic) bond motifs is 1. The molecule has 3 N–H and O–H groups in total. The first-order valence-corrected chi connectivity index (χ1v) is 17.5. The normalized spacial score (nSPS) is 37.0. The molecule has 7 nitrogen and oxygen atoms in total. The molecule has 1 aromatic heterocycles. The van der Waals surface area contributed by atoms with Crippen molar-refractivity contribution in [3.63, 3.8) is 0 Å². The lowest BCUT2D eigenvalue weighted by atomic mass is 9.65. The largest absolute Gasteiger partial charge is 0.392 e. The van der Waals surface area contributed by atoms with Crippen LogP contribution in [-0.2, 0) is 14.3 Å². The molecule has 2 saturated heterocycles. The first-order valence-electron chi connectivity index (χ1n) is 16.6. The van der Waals surface area contributed by atoms with E-state index in [0.29, 0.717) is 12.3 Å². The summed E-state index contributed by atoms with van der Waals surface area (Å²) in [6, 6.07) is -0.301. The Kier molecular flexibility index (Phi) is 11.9. The molecule has 1 aromatic rings. The second-order valence-electron chi connectivity index (χ2n) is 14.2. The summed E-state index contributed by atoms with van der Waals surface area (Å²) in [4.78, 5) is 32.5. The molecule has 244 valence electrons. The number of aromatic nitrogens is 1. The first kappa shape index (κ1) is 35.9. The third-order valence-corrected chi connectivity index (χ3v) is 12.1. The number of ketones is 1. The van der Waals surface area contributed by atoms with Crippen molar-refractivity contribution < 1.29 is 24.5 Å². The minimum atomic E-state index is -1.19. The third kappa shape index (κ3) is 7.45. The molecule has 0 bridgehead atoms. The highest BCUT2D eigenvalue weighted by Gasteiger charge is 2.65. The molecule has 8 heteroatoms. The maximum Gasteiger partial charge on any atom is 0.223 e. The minimum absolute atomic E-state index is 0.0289. The van der Waals surface area contributed by atoms with Gasteiger partial charge in [-0.2, -0.15) is 0 Å². The average molecular weight is 619 g/mol. The summed E-state index contributed by atoms with van der Waals surface area (Å²) >= 11 is 1.65. The molecule has 2 fully saturated rings. The first-order chi connectivity index (χ1) is 20.1. The maximum atomic E-state index is 14.0. The second kappa shape index (κ2) is 14.2. The van der Waals surface area contributed by atoms with E-state index >= 15 is 0 Å². The Morgan fingerprint density at radius 3 is 2.40 bits per heavy atom. The van der Waals surface area contributed by atoms with Crippen molar-refractivity contribution >= 4 is 29.1 Å². The van der Waals surface area contributed by atoms with Gasteiger partial charge < -0.3 is 20.3 Å². The SMILES string of the molecule is CC/C(=C\c1csc(C(C)C)n1)[C@@H]1C[C@]2(C)O[C@]2(CC)CCC[C@H](CC)[C@H](O)[C@@H](C)C(=O)C(C)(C(C)C)[C@@H](O)CC(=O)N1. The lowest BCUT2D eigenvalue weighted by Crippen LogP contribution is -2.51. The van der Waals surface area contributed by atoms with E-state index in [1.165, 1.54) is 0 Å². The zero-order valence-electron chi connectivity index (χ0n) is 28.3. The van der Waals surface area contributed by atoms with Crippen molar-refractivity contribution in [2.75, 3.05) is 0 Å². The number of hydrogen-bond donors (Lipinski definition) is 3. The molecular formula is C35H58N2O5S. The van der Waals surface area contributed by atoms with Crippen LogP contribution in [0.3, 0.4) is 0 Å². The van der Waals surface area contributed by atoms with Crippen LogP contribution in [0.15, 0.2) is 11.0 Å². The van der Waals surface area contributed by atoms with Crippen LogP contribution in [-0.4, -0.2) is 56.3 Å². The van der Waals surface area contributed by atoms with Gasteiger partial charge >= 0.3 is 0 Å². The standard InChI is InChI=1S/C35H58N2O5S/c1-11-24-15-14-16-35(13-3)33(9,42-35)19-27(25(12-2)17-26-20-43-32(36-26)21(4)5)37-29(39)18-28(38)34(10,22(6)7)31(41)23(8)30(24)40/h17,20-24,27-28,30,38,40H,11-16,18-19H2,1-10H3,(H,37,39)/b25-17+/t23-,24+,27+,28+,30-,33+,34?,35-/m1/s1. The van der Waals surface area contributed by atoms with Gasteiger partial charge in [-0.1, -0.05) is 68.2 Å². The Morgan fingerprint density at radius 1 is 1.19 bits per heavy atom. The number of Topliss-reactive ketones (excluding diaryl/α,β-unsaturated/α-hetero) is 1. The van der Waals surface area contributed by atoms with Crippen LogP contribution in [0.4, 0.5) is 0 Å². The summed E-state index contributed by atoms with van der Waals surface area (Å²) in [5, 5.41) is 29.3. The molecule has 3 rings (SSSR count). The summed E-state index contributed by atoms with van der Waals surface area (Å²) in [5.41, 5.74) is 0.0781. The van der Waals surface area contributed by atoms with Gasteiger partial charge in [0.15, 0.2) is 0 Å². The molecule has 1 unspecified atom stereocenters. The molecule has 2 aliphatic rings. The Morgan fingerprint density at radius 2 is 1.86 bits per heavy atom. The number of thiazole rings is 1. The van der Waals surface area contributed by atoms with Gasteiger partial charge in [-0.3, -0.25) is 9.59 Å². The number of carbonyl (C=O) groups is 2. The van der Waals surface area contributed by atoms with Crippen LogP contribution in [0, 0.1) is 23.2 Å². The van der Waals surface area contributed by atoms with Gasteiger partial charge in [0.25, 0.3) is 0 Å². The topological polar surface area (TPSA) is 112 Å². The maximum absolute atomic E-state index is 14.0. The van der Waals surface area contributed by atoms with E-state index in [-0.39, 0.29) is 41.6 Å². The van der Waals surface area contributed by atoms with E-state index in [4.69, 9.17) is 9.72 Å². The minimum Gasteiger partial charge on any atom is -0.392 e. The third-order valence-electron chi connectivity index (χ3n) is 11.0. The summed E-state index contributed by atoms with van der Waals surface area (Å²) in [6.45, 7) is 20.1. The fourth-order valence-corrected chi connectivity index (χ4v) is 8.09. The van der Waals surface area contributed by atoms with Crippen molar-refractivity contribution in [2.24, 2.45) is 23.2 Å². The van der Waals surface area contributed by atoms with E-state index in [9.17, 15) is 19.8 Å². The Balaban J connectivity index is 2.03. The molecule has 43 heavy (non-hydrogen) atoms. The number of aliphatic hydroxyl groups is 2. The smallest absolute Gasteiger partial charge is 0.223 e. The number of aliphatic hydroxyl groups excluding tert-OH is 2. The number of hydrogen-bond acceptors (Lipinski definition) is 7. The fraction of sp³-hybridized carbons (Fsp3) is 0.800. The highest BCUT2D eigenvalue weighted by Crippen LogP contribution is 2.56. The average Bonchev–Trinajstić information content (AvgIpc) is 3.27. The molecule has 8 atom stereocenters. The van der Waals surface area contributed by atoms with Crippen LogP contribution >= 0.6 is 11.3 Å². The molecule has 2 aliphatic heterocycles. The van der Waals surface area contributed by atoms with Crippen LogP contribution in [0.5, 0.6) is 0 Å². The van der Waals surface area contributed by atoms with E-state index < -0.39 is 29.1 Å². The van der Waals surface area contributed by atoms with Crippen LogP contribution < -0.4 is 5.32 Å². The number of epoxide rings is 1.